The zero-order chi connectivity index (χ0) is 3.58. The predicted molar refractivity (Wildman–Crippen MR) is 19.1 cm³/mol. The molecule has 0 heterocycles. The smallest absolute Gasteiger partial charge is 1.00 e. The van der Waals surface area contributed by atoms with E-state index in [1.54, 1.807) is 0 Å². The van der Waals surface area contributed by atoms with E-state index in [-0.39, 0.29) is 62.6 Å². The molecule has 0 spiro atoms. The molecule has 0 atom stereocenters. The molecule has 0 aliphatic rings. The number of carbonyl (C=O) groups is 1. The maximum absolute atomic E-state index is 9.00. The van der Waals surface area contributed by atoms with Crippen LogP contribution >= 0.6 is 0 Å². The molecule has 0 unspecified atom stereocenters. The summed E-state index contributed by atoms with van der Waals surface area (Å²) in [6.07, 6.45) is 0. The molecule has 0 aliphatic heterocycles. The van der Waals surface area contributed by atoms with Gasteiger partial charge in [-0.15, -0.1) is 0 Å². The fourth-order valence-corrected chi connectivity index (χ4v) is 0. The van der Waals surface area contributed by atoms with E-state index in [0.29, 0.717) is 0 Å². The molecular formula is C2H4CaCl2O2. The summed E-state index contributed by atoms with van der Waals surface area (Å²) in [6.45, 7) is 1.08. The Morgan fingerprint density at radius 2 is 1.43 bits per heavy atom. The van der Waals surface area contributed by atoms with Crippen molar-refractivity contribution < 1.29 is 34.7 Å². The SMILES string of the molecule is CC(=O)O.[Ca+2].[Cl-].[Cl-]. The van der Waals surface area contributed by atoms with Crippen LogP contribution in [0.25, 0.3) is 0 Å². The van der Waals surface area contributed by atoms with E-state index in [9.17, 15) is 0 Å². The van der Waals surface area contributed by atoms with Gasteiger partial charge in [0.05, 0.1) is 0 Å². The third kappa shape index (κ3) is 120. The molecule has 0 aromatic carbocycles. The topological polar surface area (TPSA) is 37.3 Å². The van der Waals surface area contributed by atoms with Crippen molar-refractivity contribution in [2.45, 2.75) is 6.92 Å². The van der Waals surface area contributed by atoms with E-state index in [2.05, 4.69) is 0 Å². The molecule has 40 valence electrons. The Kier molecular flexibility index (Phi) is 53.5. The van der Waals surface area contributed by atoms with Crippen LogP contribution in [0.1, 0.15) is 6.92 Å². The fourth-order valence-electron chi connectivity index (χ4n) is 0. The van der Waals surface area contributed by atoms with Crippen molar-refractivity contribution in [2.24, 2.45) is 0 Å². The number of rotatable bonds is 0. The van der Waals surface area contributed by atoms with Crippen molar-refractivity contribution in [1.29, 1.82) is 0 Å². The van der Waals surface area contributed by atoms with E-state index in [0.717, 1.165) is 6.92 Å². The summed E-state index contributed by atoms with van der Waals surface area (Å²) in [4.78, 5) is 9.00. The zero-order valence-corrected chi connectivity index (χ0v) is 7.54. The first kappa shape index (κ1) is 23.9. The number of aliphatic carboxylic acids is 1. The molecule has 0 fully saturated rings. The summed E-state index contributed by atoms with van der Waals surface area (Å²) < 4.78 is 0. The minimum Gasteiger partial charge on any atom is -1.00 e. The van der Waals surface area contributed by atoms with Gasteiger partial charge in [0.1, 0.15) is 0 Å². The standard InChI is InChI=1S/C2H4O2.Ca.2ClH/c1-2(3)4;;;/h1H3,(H,3,4);;2*1H/q;+2;;/p-2. The Bertz CT molecular complexity index is 36.7. The third-order valence-corrected chi connectivity index (χ3v) is 0. The zero-order valence-electron chi connectivity index (χ0n) is 3.82. The molecule has 7 heavy (non-hydrogen) atoms. The molecule has 0 aromatic rings. The van der Waals surface area contributed by atoms with Crippen LogP contribution in [0, 0.1) is 0 Å². The molecule has 0 radical (unpaired) electrons. The molecule has 0 aromatic heterocycles. The second-order valence-corrected chi connectivity index (χ2v) is 0.519. The summed E-state index contributed by atoms with van der Waals surface area (Å²) in [5, 5.41) is 7.42. The summed E-state index contributed by atoms with van der Waals surface area (Å²) in [6, 6.07) is 0. The summed E-state index contributed by atoms with van der Waals surface area (Å²) in [7, 11) is 0. The van der Waals surface area contributed by atoms with Gasteiger partial charge < -0.3 is 29.9 Å². The first-order valence-electron chi connectivity index (χ1n) is 0.928. The largest absolute Gasteiger partial charge is 2.00 e. The number of hydrogen-bond donors (Lipinski definition) is 1. The van der Waals surface area contributed by atoms with E-state index in [4.69, 9.17) is 9.90 Å². The van der Waals surface area contributed by atoms with Crippen LogP contribution in [0.3, 0.4) is 0 Å². The monoisotopic (exact) mass is 170 g/mol. The second-order valence-electron chi connectivity index (χ2n) is 0.519. The Morgan fingerprint density at radius 3 is 1.43 bits per heavy atom. The maximum atomic E-state index is 9.00. The molecule has 0 saturated heterocycles. The van der Waals surface area contributed by atoms with Crippen LogP contribution in [-0.2, 0) is 4.79 Å². The van der Waals surface area contributed by atoms with Gasteiger partial charge in [-0.05, 0) is 0 Å². The molecule has 0 saturated carbocycles. The summed E-state index contributed by atoms with van der Waals surface area (Å²) >= 11 is 0. The average molecular weight is 171 g/mol. The van der Waals surface area contributed by atoms with Crippen molar-refractivity contribution in [3.63, 3.8) is 0 Å². The van der Waals surface area contributed by atoms with Gasteiger partial charge in [0.25, 0.3) is 5.97 Å². The first-order valence-corrected chi connectivity index (χ1v) is 0.928. The van der Waals surface area contributed by atoms with Crippen LogP contribution in [0.2, 0.25) is 0 Å². The molecule has 2 nitrogen and oxygen atoms in total. The van der Waals surface area contributed by atoms with E-state index < -0.39 is 5.97 Å². The Hall–Kier alpha value is 1.31. The van der Waals surface area contributed by atoms with Crippen LogP contribution in [0.5, 0.6) is 0 Å². The molecule has 0 amide bonds. The van der Waals surface area contributed by atoms with Gasteiger partial charge in [0.15, 0.2) is 0 Å². The number of hydrogen-bond acceptors (Lipinski definition) is 1. The normalized spacial score (nSPS) is 3.57. The average Bonchev–Trinajstić information content (AvgIpc) is 0.811. The van der Waals surface area contributed by atoms with E-state index >= 15 is 0 Å². The van der Waals surface area contributed by atoms with Crippen molar-refractivity contribution in [3.8, 4) is 0 Å². The Morgan fingerprint density at radius 1 is 1.43 bits per heavy atom. The second kappa shape index (κ2) is 15.7. The summed E-state index contributed by atoms with van der Waals surface area (Å²) in [5.41, 5.74) is 0. The minimum absolute atomic E-state index is 0. The molecule has 0 aliphatic carbocycles. The molecular weight excluding hydrogens is 167 g/mol. The van der Waals surface area contributed by atoms with Gasteiger partial charge in [-0.2, -0.15) is 0 Å². The minimum atomic E-state index is -0.833. The van der Waals surface area contributed by atoms with Crippen molar-refractivity contribution in [2.75, 3.05) is 0 Å². The van der Waals surface area contributed by atoms with Crippen molar-refractivity contribution in [3.05, 3.63) is 0 Å². The van der Waals surface area contributed by atoms with Crippen molar-refractivity contribution in [1.82, 2.24) is 0 Å². The van der Waals surface area contributed by atoms with Gasteiger partial charge in [0.2, 0.25) is 0 Å². The molecule has 1 N–H and O–H groups in total. The Balaban J connectivity index is -0.0000000150. The van der Waals surface area contributed by atoms with E-state index in [1.807, 2.05) is 0 Å². The van der Waals surface area contributed by atoms with Gasteiger partial charge in [-0.1, -0.05) is 0 Å². The molecule has 0 bridgehead atoms. The summed E-state index contributed by atoms with van der Waals surface area (Å²) in [5.74, 6) is -0.833. The number of halogens is 2. The Labute approximate surface area is 84.5 Å². The van der Waals surface area contributed by atoms with Crippen LogP contribution in [0.15, 0.2) is 0 Å². The first-order chi connectivity index (χ1) is 1.73. The van der Waals surface area contributed by atoms with E-state index in [1.165, 1.54) is 0 Å². The fraction of sp³-hybridized carbons (Fsp3) is 0.500. The quantitative estimate of drug-likeness (QED) is 0.368. The van der Waals surface area contributed by atoms with Crippen LogP contribution < -0.4 is 24.8 Å². The predicted octanol–water partition coefficient (Wildman–Crippen LogP) is -6.28. The van der Waals surface area contributed by atoms with Gasteiger partial charge >= 0.3 is 37.7 Å². The van der Waals surface area contributed by atoms with Gasteiger partial charge in [-0.25, -0.2) is 0 Å². The maximum Gasteiger partial charge on any atom is 2.00 e. The van der Waals surface area contributed by atoms with Crippen LogP contribution in [-0.4, -0.2) is 48.8 Å². The van der Waals surface area contributed by atoms with Crippen molar-refractivity contribution >= 4 is 43.7 Å². The molecule has 0 rings (SSSR count). The number of carboxylic acid groups (broad SMARTS) is 1. The van der Waals surface area contributed by atoms with Crippen LogP contribution in [0.4, 0.5) is 0 Å². The molecule has 5 heteroatoms. The van der Waals surface area contributed by atoms with Gasteiger partial charge in [0, 0.05) is 6.92 Å². The third-order valence-electron chi connectivity index (χ3n) is 0. The number of carboxylic acids is 1. The van der Waals surface area contributed by atoms with Gasteiger partial charge in [-0.3, -0.25) is 4.79 Å².